The van der Waals surface area contributed by atoms with Crippen molar-refractivity contribution in [2.24, 2.45) is 0 Å². The first kappa shape index (κ1) is 21.5. The lowest BCUT2D eigenvalue weighted by atomic mass is 10.1. The molecule has 0 saturated carbocycles. The Morgan fingerprint density at radius 1 is 1.12 bits per heavy atom. The molecule has 32 heavy (non-hydrogen) atoms. The smallest absolute Gasteiger partial charge is 0.273 e. The van der Waals surface area contributed by atoms with Crippen molar-refractivity contribution in [2.75, 3.05) is 6.54 Å². The van der Waals surface area contributed by atoms with Crippen LogP contribution in [0.1, 0.15) is 28.0 Å². The molecule has 1 atom stereocenters. The molecule has 3 aromatic rings. The zero-order valence-corrected chi connectivity index (χ0v) is 17.2. The highest BCUT2D eigenvalue weighted by molar-refractivity contribution is 5.91. The summed E-state index contributed by atoms with van der Waals surface area (Å²) in [7, 11) is 0. The molecule has 166 valence electrons. The first-order valence-electron chi connectivity index (χ1n) is 10.2. The van der Waals surface area contributed by atoms with E-state index in [9.17, 15) is 18.4 Å². The van der Waals surface area contributed by atoms with Crippen LogP contribution in [0, 0.1) is 0 Å². The zero-order valence-electron chi connectivity index (χ0n) is 17.2. The third-order valence-electron chi connectivity index (χ3n) is 5.24. The number of aromatic nitrogens is 4. The van der Waals surface area contributed by atoms with Crippen LogP contribution in [0.3, 0.4) is 0 Å². The van der Waals surface area contributed by atoms with Crippen molar-refractivity contribution in [1.82, 2.24) is 30.2 Å². The van der Waals surface area contributed by atoms with E-state index >= 15 is 0 Å². The zero-order chi connectivity index (χ0) is 22.6. The number of hydrogen-bond acceptors (Lipinski definition) is 5. The minimum atomic E-state index is -2.98. The summed E-state index contributed by atoms with van der Waals surface area (Å²) < 4.78 is 29.6. The number of benzene rings is 1. The summed E-state index contributed by atoms with van der Waals surface area (Å²) in [5.41, 5.74) is 1.67. The van der Waals surface area contributed by atoms with Crippen LogP contribution in [0.25, 0.3) is 0 Å². The van der Waals surface area contributed by atoms with E-state index in [0.717, 1.165) is 5.56 Å². The Kier molecular flexibility index (Phi) is 6.20. The minimum Gasteiger partial charge on any atom is -0.347 e. The van der Waals surface area contributed by atoms with Gasteiger partial charge in [-0.15, -0.1) is 5.10 Å². The average molecular weight is 440 g/mol. The van der Waals surface area contributed by atoms with E-state index in [2.05, 4.69) is 20.6 Å². The molecular weight excluding hydrogens is 418 g/mol. The maximum atomic E-state index is 14.1. The largest absolute Gasteiger partial charge is 0.347 e. The van der Waals surface area contributed by atoms with E-state index in [0.29, 0.717) is 12.1 Å². The van der Waals surface area contributed by atoms with Gasteiger partial charge in [0.2, 0.25) is 5.91 Å². The van der Waals surface area contributed by atoms with E-state index in [1.165, 1.54) is 15.8 Å². The molecule has 1 saturated heterocycles. The predicted octanol–water partition coefficient (Wildman–Crippen LogP) is 2.08. The van der Waals surface area contributed by atoms with Crippen LogP contribution >= 0.6 is 0 Å². The van der Waals surface area contributed by atoms with Crippen molar-refractivity contribution < 1.29 is 18.4 Å². The van der Waals surface area contributed by atoms with Crippen LogP contribution in [0.15, 0.2) is 61.1 Å². The number of rotatable bonds is 7. The fourth-order valence-electron chi connectivity index (χ4n) is 3.71. The molecule has 2 amide bonds. The molecule has 0 spiro atoms. The number of carbonyl (C=O) groups is 2. The maximum Gasteiger partial charge on any atom is 0.273 e. The van der Waals surface area contributed by atoms with Crippen molar-refractivity contribution in [3.8, 4) is 0 Å². The van der Waals surface area contributed by atoms with Gasteiger partial charge < -0.3 is 10.2 Å². The first-order chi connectivity index (χ1) is 15.4. The summed E-state index contributed by atoms with van der Waals surface area (Å²) in [5, 5.41) is 10.5. The highest BCUT2D eigenvalue weighted by Crippen LogP contribution is 2.33. The van der Waals surface area contributed by atoms with Crippen LogP contribution < -0.4 is 5.32 Å². The topological polar surface area (TPSA) is 93.0 Å². The van der Waals surface area contributed by atoms with Gasteiger partial charge in [-0.2, -0.15) is 0 Å². The van der Waals surface area contributed by atoms with E-state index in [-0.39, 0.29) is 18.7 Å². The fraction of sp³-hybridized carbons (Fsp3) is 0.318. The Morgan fingerprint density at radius 2 is 1.91 bits per heavy atom. The van der Waals surface area contributed by atoms with Gasteiger partial charge in [0.05, 0.1) is 31.7 Å². The molecule has 1 N–H and O–H groups in total. The third kappa shape index (κ3) is 5.32. The van der Waals surface area contributed by atoms with Crippen LogP contribution in [-0.4, -0.2) is 55.2 Å². The van der Waals surface area contributed by atoms with Crippen LogP contribution in [0.2, 0.25) is 0 Å². The Hall–Kier alpha value is -3.69. The molecule has 0 radical (unpaired) electrons. The number of halogens is 2. The molecule has 8 nitrogen and oxygen atoms in total. The second-order valence-electron chi connectivity index (χ2n) is 7.77. The Labute approximate surface area is 183 Å². The monoisotopic (exact) mass is 440 g/mol. The maximum absolute atomic E-state index is 14.1. The third-order valence-corrected chi connectivity index (χ3v) is 5.24. The predicted molar refractivity (Wildman–Crippen MR) is 111 cm³/mol. The Morgan fingerprint density at radius 3 is 2.66 bits per heavy atom. The molecule has 1 aliphatic rings. The summed E-state index contributed by atoms with van der Waals surface area (Å²) in [4.78, 5) is 30.2. The standard InChI is InChI=1S/C22H22F2N6O2/c23-22(24)10-18(30(15-22)20(31)9-17-7-4-8-25-11-17)13-29-14-19(27-28-29)21(32)26-12-16-5-2-1-3-6-16/h1-8,11,14,18H,9-10,12-13,15H2,(H,26,32). The molecule has 4 rings (SSSR count). The van der Waals surface area contributed by atoms with Gasteiger partial charge in [-0.25, -0.2) is 13.5 Å². The summed E-state index contributed by atoms with van der Waals surface area (Å²) in [6, 6.07) is 12.1. The molecule has 1 fully saturated rings. The number of likely N-dealkylation sites (tertiary alicyclic amines) is 1. The van der Waals surface area contributed by atoms with E-state index in [1.54, 1.807) is 24.5 Å². The molecule has 10 heteroatoms. The van der Waals surface area contributed by atoms with Crippen LogP contribution in [0.5, 0.6) is 0 Å². The first-order valence-corrected chi connectivity index (χ1v) is 10.2. The molecule has 0 bridgehead atoms. The average Bonchev–Trinajstić information content (AvgIpc) is 3.37. The van der Waals surface area contributed by atoms with Gasteiger partial charge in [0.15, 0.2) is 5.69 Å². The SMILES string of the molecule is O=C(NCc1ccccc1)c1cn(CC2CC(F)(F)CN2C(=O)Cc2cccnc2)nn1. The van der Waals surface area contributed by atoms with Gasteiger partial charge in [0, 0.05) is 25.4 Å². The number of hydrogen-bond donors (Lipinski definition) is 1. The molecule has 1 aliphatic heterocycles. The Bertz CT molecular complexity index is 1070. The highest BCUT2D eigenvalue weighted by atomic mass is 19.3. The summed E-state index contributed by atoms with van der Waals surface area (Å²) in [6.07, 6.45) is 4.05. The number of alkyl halides is 2. The number of carbonyl (C=O) groups excluding carboxylic acids is 2. The minimum absolute atomic E-state index is 0.00901. The molecular formula is C22H22F2N6O2. The van der Waals surface area contributed by atoms with Crippen molar-refractivity contribution in [2.45, 2.75) is 37.9 Å². The van der Waals surface area contributed by atoms with Gasteiger partial charge in [-0.1, -0.05) is 41.6 Å². The number of nitrogens with zero attached hydrogens (tertiary/aromatic N) is 5. The van der Waals surface area contributed by atoms with Gasteiger partial charge in [-0.3, -0.25) is 14.6 Å². The second-order valence-corrected chi connectivity index (χ2v) is 7.77. The molecule has 2 aromatic heterocycles. The number of amides is 2. The van der Waals surface area contributed by atoms with Crippen LogP contribution in [0.4, 0.5) is 8.78 Å². The molecule has 1 aromatic carbocycles. The lowest BCUT2D eigenvalue weighted by molar-refractivity contribution is -0.132. The normalized spacial score (nSPS) is 17.3. The quantitative estimate of drug-likeness (QED) is 0.607. The van der Waals surface area contributed by atoms with E-state index in [4.69, 9.17) is 0 Å². The van der Waals surface area contributed by atoms with Gasteiger partial charge in [0.25, 0.3) is 11.8 Å². The fourth-order valence-corrected chi connectivity index (χ4v) is 3.71. The van der Waals surface area contributed by atoms with Crippen LogP contribution in [-0.2, 0) is 24.3 Å². The molecule has 3 heterocycles. The van der Waals surface area contributed by atoms with Crippen molar-refractivity contribution in [3.05, 3.63) is 77.9 Å². The lowest BCUT2D eigenvalue weighted by Gasteiger charge is -2.23. The van der Waals surface area contributed by atoms with Crippen molar-refractivity contribution in [1.29, 1.82) is 0 Å². The molecule has 1 unspecified atom stereocenters. The Balaban J connectivity index is 1.39. The van der Waals surface area contributed by atoms with E-state index in [1.807, 2.05) is 30.3 Å². The number of nitrogens with one attached hydrogen (secondary N) is 1. The van der Waals surface area contributed by atoms with Crippen molar-refractivity contribution >= 4 is 11.8 Å². The van der Waals surface area contributed by atoms with Gasteiger partial charge in [0.1, 0.15) is 0 Å². The van der Waals surface area contributed by atoms with E-state index < -0.39 is 36.7 Å². The second kappa shape index (κ2) is 9.21. The summed E-state index contributed by atoms with van der Waals surface area (Å²) in [6.45, 7) is -0.290. The summed E-state index contributed by atoms with van der Waals surface area (Å²) in [5.74, 6) is -3.80. The van der Waals surface area contributed by atoms with Gasteiger partial charge in [-0.05, 0) is 17.2 Å². The number of pyridine rings is 1. The lowest BCUT2D eigenvalue weighted by Crippen LogP contribution is -2.39. The highest BCUT2D eigenvalue weighted by Gasteiger charge is 2.47. The van der Waals surface area contributed by atoms with Crippen molar-refractivity contribution in [3.63, 3.8) is 0 Å². The molecule has 0 aliphatic carbocycles. The summed E-state index contributed by atoms with van der Waals surface area (Å²) >= 11 is 0. The van der Waals surface area contributed by atoms with Gasteiger partial charge >= 0.3 is 0 Å².